The average Bonchev–Trinajstić information content (AvgIpc) is 3.15. The fourth-order valence-corrected chi connectivity index (χ4v) is 4.79. The first-order valence-electron chi connectivity index (χ1n) is 10.4. The van der Waals surface area contributed by atoms with Gasteiger partial charge in [0.15, 0.2) is 0 Å². The predicted octanol–water partition coefficient (Wildman–Crippen LogP) is 3.43. The largest absolute Gasteiger partial charge is 0.378 e. The molecule has 0 saturated heterocycles. The van der Waals surface area contributed by atoms with Crippen LogP contribution in [0, 0.1) is 0 Å². The van der Waals surface area contributed by atoms with Crippen LogP contribution >= 0.6 is 11.3 Å². The molecule has 2 heterocycles. The van der Waals surface area contributed by atoms with Crippen molar-refractivity contribution in [2.24, 2.45) is 10.2 Å². The van der Waals surface area contributed by atoms with Crippen LogP contribution in [0.25, 0.3) is 6.08 Å². The van der Waals surface area contributed by atoms with E-state index in [0.717, 1.165) is 28.1 Å². The lowest BCUT2D eigenvalue weighted by atomic mass is 9.96. The van der Waals surface area contributed by atoms with Gasteiger partial charge in [0, 0.05) is 25.3 Å². The molecule has 5 nitrogen and oxygen atoms in total. The van der Waals surface area contributed by atoms with Crippen molar-refractivity contribution >= 4 is 28.8 Å². The van der Waals surface area contributed by atoms with Gasteiger partial charge in [-0.25, -0.2) is 0 Å². The van der Waals surface area contributed by atoms with Crippen molar-refractivity contribution in [2.45, 2.75) is 6.04 Å². The molecule has 0 saturated carbocycles. The third-order valence-electron chi connectivity index (χ3n) is 5.49. The van der Waals surface area contributed by atoms with Gasteiger partial charge in [-0.15, -0.1) is 10.2 Å². The molecule has 0 bridgehead atoms. The standard InChI is InChI=1S/C26H22N4OS/c1-29(2)21-15-13-18(14-16-21)17-22-25(31)30-24(20-11-7-4-8-12-20)23(27-28-26(30)32-22)19-9-5-3-6-10-19/h3-17,24H,1-2H3/b22-17+. The summed E-state index contributed by atoms with van der Waals surface area (Å²) in [6, 6.07) is 27.8. The molecule has 32 heavy (non-hydrogen) atoms. The molecule has 3 aromatic carbocycles. The molecule has 0 N–H and O–H groups in total. The number of anilines is 1. The molecule has 6 heteroatoms. The number of nitrogens with zero attached hydrogens (tertiary/aromatic N) is 4. The van der Waals surface area contributed by atoms with Crippen LogP contribution in [0.2, 0.25) is 0 Å². The quantitative estimate of drug-likeness (QED) is 0.490. The van der Waals surface area contributed by atoms with E-state index in [2.05, 4.69) is 10.2 Å². The Kier molecular flexibility index (Phi) is 5.29. The van der Waals surface area contributed by atoms with Gasteiger partial charge >= 0.3 is 0 Å². The Labute approximate surface area is 189 Å². The van der Waals surface area contributed by atoms with E-state index in [1.165, 1.54) is 11.3 Å². The summed E-state index contributed by atoms with van der Waals surface area (Å²) in [5, 5.41) is 8.99. The molecule has 5 rings (SSSR count). The zero-order valence-corrected chi connectivity index (χ0v) is 18.7. The lowest BCUT2D eigenvalue weighted by molar-refractivity contribution is 0.657. The number of aromatic nitrogens is 1. The van der Waals surface area contributed by atoms with Crippen molar-refractivity contribution in [1.82, 2.24) is 4.57 Å². The highest BCUT2D eigenvalue weighted by Crippen LogP contribution is 2.24. The second-order valence-corrected chi connectivity index (χ2v) is 8.83. The van der Waals surface area contributed by atoms with Crippen LogP contribution in [-0.2, 0) is 0 Å². The van der Waals surface area contributed by atoms with Gasteiger partial charge in [0.2, 0.25) is 4.80 Å². The fourth-order valence-electron chi connectivity index (χ4n) is 3.84. The number of thiazole rings is 1. The van der Waals surface area contributed by atoms with Crippen molar-refractivity contribution in [3.05, 3.63) is 121 Å². The summed E-state index contributed by atoms with van der Waals surface area (Å²) in [7, 11) is 4.02. The van der Waals surface area contributed by atoms with Gasteiger partial charge in [0.05, 0.1) is 10.2 Å². The molecule has 0 spiro atoms. The predicted molar refractivity (Wildman–Crippen MR) is 131 cm³/mol. The first-order chi connectivity index (χ1) is 15.6. The molecule has 0 fully saturated rings. The summed E-state index contributed by atoms with van der Waals surface area (Å²) in [6.07, 6.45) is 1.93. The molecular formula is C26H22N4OS. The first-order valence-corrected chi connectivity index (χ1v) is 11.2. The SMILES string of the molecule is CN(C)c1ccc(/C=c2/sc3n(c2=O)C(c2ccccc2)C(c2ccccc2)=NN=3)cc1. The van der Waals surface area contributed by atoms with E-state index >= 15 is 0 Å². The second-order valence-electron chi connectivity index (χ2n) is 7.82. The molecule has 1 atom stereocenters. The van der Waals surface area contributed by atoms with Crippen LogP contribution in [0.1, 0.15) is 22.7 Å². The van der Waals surface area contributed by atoms with Gasteiger partial charge in [-0.3, -0.25) is 9.36 Å². The molecule has 0 aliphatic carbocycles. The van der Waals surface area contributed by atoms with E-state index in [9.17, 15) is 4.79 Å². The monoisotopic (exact) mass is 438 g/mol. The molecule has 0 radical (unpaired) electrons. The summed E-state index contributed by atoms with van der Waals surface area (Å²) >= 11 is 1.37. The highest BCUT2D eigenvalue weighted by atomic mass is 32.1. The zero-order chi connectivity index (χ0) is 22.1. The summed E-state index contributed by atoms with van der Waals surface area (Å²) < 4.78 is 2.42. The molecule has 158 valence electrons. The van der Waals surface area contributed by atoms with E-state index < -0.39 is 0 Å². The lowest BCUT2D eigenvalue weighted by Crippen LogP contribution is -2.40. The van der Waals surface area contributed by atoms with Crippen LogP contribution < -0.4 is 19.8 Å². The Balaban J connectivity index is 1.66. The van der Waals surface area contributed by atoms with Crippen LogP contribution in [0.15, 0.2) is 99.9 Å². The van der Waals surface area contributed by atoms with Gasteiger partial charge < -0.3 is 4.90 Å². The van der Waals surface area contributed by atoms with E-state index in [1.807, 2.05) is 110 Å². The van der Waals surface area contributed by atoms with Crippen molar-refractivity contribution in [3.8, 4) is 0 Å². The maximum Gasteiger partial charge on any atom is 0.271 e. The molecule has 1 aliphatic rings. The van der Waals surface area contributed by atoms with E-state index in [-0.39, 0.29) is 11.6 Å². The minimum Gasteiger partial charge on any atom is -0.378 e. The number of fused-ring (bicyclic) bond motifs is 1. The molecule has 0 amide bonds. The van der Waals surface area contributed by atoms with Crippen LogP contribution in [0.4, 0.5) is 5.69 Å². The Morgan fingerprint density at radius 2 is 1.53 bits per heavy atom. The topological polar surface area (TPSA) is 50.0 Å². The van der Waals surface area contributed by atoms with E-state index in [1.54, 1.807) is 4.57 Å². The van der Waals surface area contributed by atoms with Gasteiger partial charge in [0.1, 0.15) is 6.04 Å². The van der Waals surface area contributed by atoms with Gasteiger partial charge in [-0.1, -0.05) is 84.1 Å². The highest BCUT2D eigenvalue weighted by Gasteiger charge is 2.28. The zero-order valence-electron chi connectivity index (χ0n) is 17.8. The minimum atomic E-state index is -0.326. The molecular weight excluding hydrogens is 416 g/mol. The minimum absolute atomic E-state index is 0.0531. The maximum absolute atomic E-state index is 13.6. The average molecular weight is 439 g/mol. The lowest BCUT2D eigenvalue weighted by Gasteiger charge is -2.22. The molecule has 4 aromatic rings. The van der Waals surface area contributed by atoms with Crippen molar-refractivity contribution in [2.75, 3.05) is 19.0 Å². The fraction of sp³-hybridized carbons (Fsp3) is 0.115. The van der Waals surface area contributed by atoms with Crippen molar-refractivity contribution < 1.29 is 0 Å². The first kappa shape index (κ1) is 20.2. The van der Waals surface area contributed by atoms with Crippen LogP contribution in [-0.4, -0.2) is 24.4 Å². The second kappa shape index (κ2) is 8.40. The van der Waals surface area contributed by atoms with Crippen LogP contribution in [0.5, 0.6) is 0 Å². The summed E-state index contributed by atoms with van der Waals surface area (Å²) in [5.74, 6) is 0. The third kappa shape index (κ3) is 3.69. The van der Waals surface area contributed by atoms with Crippen molar-refractivity contribution in [3.63, 3.8) is 0 Å². The Morgan fingerprint density at radius 1 is 0.875 bits per heavy atom. The smallest absolute Gasteiger partial charge is 0.271 e. The maximum atomic E-state index is 13.6. The van der Waals surface area contributed by atoms with E-state index in [0.29, 0.717) is 9.33 Å². The number of hydrogen-bond donors (Lipinski definition) is 0. The van der Waals surface area contributed by atoms with Gasteiger partial charge in [-0.05, 0) is 29.3 Å². The molecule has 1 unspecified atom stereocenters. The summed E-state index contributed by atoms with van der Waals surface area (Å²) in [5.41, 5.74) is 4.78. The number of hydrogen-bond acceptors (Lipinski definition) is 5. The van der Waals surface area contributed by atoms with Crippen LogP contribution in [0.3, 0.4) is 0 Å². The Morgan fingerprint density at radius 3 is 2.19 bits per heavy atom. The number of rotatable bonds is 4. The van der Waals surface area contributed by atoms with Crippen molar-refractivity contribution in [1.29, 1.82) is 0 Å². The number of benzene rings is 3. The highest BCUT2D eigenvalue weighted by molar-refractivity contribution is 7.07. The summed E-state index contributed by atoms with van der Waals surface area (Å²) in [4.78, 5) is 16.2. The Hall–Kier alpha value is -3.77. The van der Waals surface area contributed by atoms with E-state index in [4.69, 9.17) is 0 Å². The van der Waals surface area contributed by atoms with Gasteiger partial charge in [-0.2, -0.15) is 0 Å². The van der Waals surface area contributed by atoms with Gasteiger partial charge in [0.25, 0.3) is 5.56 Å². The third-order valence-corrected chi connectivity index (χ3v) is 6.46. The normalized spacial score (nSPS) is 15.6. The Bertz CT molecular complexity index is 1450. The summed E-state index contributed by atoms with van der Waals surface area (Å²) in [6.45, 7) is 0. The molecule has 1 aliphatic heterocycles. The molecule has 1 aromatic heterocycles.